The summed E-state index contributed by atoms with van der Waals surface area (Å²) in [5.41, 5.74) is 0.875. The van der Waals surface area contributed by atoms with Crippen LogP contribution in [0.25, 0.3) is 0 Å². The van der Waals surface area contributed by atoms with Gasteiger partial charge < -0.3 is 14.2 Å². The van der Waals surface area contributed by atoms with Gasteiger partial charge >= 0.3 is 0 Å². The Kier molecular flexibility index (Phi) is 5.63. The van der Waals surface area contributed by atoms with Gasteiger partial charge in [-0.1, -0.05) is 18.2 Å². The van der Waals surface area contributed by atoms with Crippen molar-refractivity contribution in [2.75, 3.05) is 42.5 Å². The van der Waals surface area contributed by atoms with E-state index in [0.29, 0.717) is 13.1 Å². The Hall–Kier alpha value is -3.19. The molecular formula is C21H23N5O2. The van der Waals surface area contributed by atoms with E-state index in [1.807, 2.05) is 48.5 Å². The van der Waals surface area contributed by atoms with E-state index in [0.717, 1.165) is 43.6 Å². The fourth-order valence-corrected chi connectivity index (χ4v) is 3.33. The summed E-state index contributed by atoms with van der Waals surface area (Å²) >= 11 is 0. The van der Waals surface area contributed by atoms with Crippen LogP contribution in [0.1, 0.15) is 5.76 Å². The van der Waals surface area contributed by atoms with E-state index in [9.17, 15) is 4.79 Å². The number of hydrogen-bond acceptors (Lipinski definition) is 6. The van der Waals surface area contributed by atoms with Crippen LogP contribution < -0.4 is 9.80 Å². The van der Waals surface area contributed by atoms with Crippen molar-refractivity contribution in [3.05, 3.63) is 72.9 Å². The maximum atomic E-state index is 13.1. The van der Waals surface area contributed by atoms with Crippen LogP contribution in [0.15, 0.2) is 71.6 Å². The zero-order valence-corrected chi connectivity index (χ0v) is 15.6. The molecule has 1 fully saturated rings. The number of benzene rings is 1. The predicted octanol–water partition coefficient (Wildman–Crippen LogP) is 2.42. The molecule has 0 spiro atoms. The number of rotatable bonds is 6. The summed E-state index contributed by atoms with van der Waals surface area (Å²) in [4.78, 5) is 27.8. The normalized spacial score (nSPS) is 14.8. The Morgan fingerprint density at radius 1 is 0.964 bits per heavy atom. The average molecular weight is 377 g/mol. The van der Waals surface area contributed by atoms with Gasteiger partial charge in [-0.3, -0.25) is 9.69 Å². The molecule has 7 nitrogen and oxygen atoms in total. The molecule has 3 aromatic rings. The molecule has 0 saturated carbocycles. The van der Waals surface area contributed by atoms with Gasteiger partial charge in [0.1, 0.15) is 5.76 Å². The van der Waals surface area contributed by atoms with E-state index in [1.54, 1.807) is 23.6 Å². The largest absolute Gasteiger partial charge is 0.467 e. The summed E-state index contributed by atoms with van der Waals surface area (Å²) in [5, 5.41) is 0. The van der Waals surface area contributed by atoms with Crippen molar-refractivity contribution in [1.82, 2.24) is 14.9 Å². The molecule has 0 atom stereocenters. The summed E-state index contributed by atoms with van der Waals surface area (Å²) in [5.74, 6) is 1.58. The van der Waals surface area contributed by atoms with Crippen LogP contribution in [0.3, 0.4) is 0 Å². The van der Waals surface area contributed by atoms with Gasteiger partial charge in [-0.2, -0.15) is 0 Å². The second-order valence-electron chi connectivity index (χ2n) is 6.71. The Labute approximate surface area is 164 Å². The molecule has 3 heterocycles. The van der Waals surface area contributed by atoms with Crippen LogP contribution in [-0.2, 0) is 11.3 Å². The van der Waals surface area contributed by atoms with Gasteiger partial charge in [-0.25, -0.2) is 9.97 Å². The summed E-state index contributed by atoms with van der Waals surface area (Å²) in [6.45, 7) is 4.01. The van der Waals surface area contributed by atoms with E-state index >= 15 is 0 Å². The minimum atomic E-state index is 0.0620. The first-order chi connectivity index (χ1) is 13.8. The summed E-state index contributed by atoms with van der Waals surface area (Å²) < 4.78 is 5.46. The van der Waals surface area contributed by atoms with Crippen LogP contribution >= 0.6 is 0 Å². The summed E-state index contributed by atoms with van der Waals surface area (Å²) in [6.07, 6.45) is 5.14. The fraction of sp³-hybridized carbons (Fsp3) is 0.286. The van der Waals surface area contributed by atoms with Crippen molar-refractivity contribution < 1.29 is 9.21 Å². The number of hydrogen-bond donors (Lipinski definition) is 0. The number of carbonyl (C=O) groups is 1. The molecule has 0 unspecified atom stereocenters. The lowest BCUT2D eigenvalue weighted by molar-refractivity contribution is -0.120. The minimum Gasteiger partial charge on any atom is -0.467 e. The number of nitrogens with zero attached hydrogens (tertiary/aromatic N) is 5. The third kappa shape index (κ3) is 4.37. The molecular weight excluding hydrogens is 354 g/mol. The van der Waals surface area contributed by atoms with E-state index in [2.05, 4.69) is 19.8 Å². The topological polar surface area (TPSA) is 65.7 Å². The van der Waals surface area contributed by atoms with Crippen LogP contribution in [-0.4, -0.2) is 53.5 Å². The molecule has 1 aliphatic rings. The molecule has 2 aromatic heterocycles. The van der Waals surface area contributed by atoms with Gasteiger partial charge in [0.15, 0.2) is 0 Å². The number of furan rings is 1. The van der Waals surface area contributed by atoms with Crippen molar-refractivity contribution in [2.24, 2.45) is 0 Å². The molecule has 1 aromatic carbocycles. The van der Waals surface area contributed by atoms with Crippen molar-refractivity contribution in [3.8, 4) is 0 Å². The fourth-order valence-electron chi connectivity index (χ4n) is 3.33. The molecule has 1 amide bonds. The lowest BCUT2D eigenvalue weighted by atomic mass is 10.2. The summed E-state index contributed by atoms with van der Waals surface area (Å²) in [7, 11) is 0. The highest BCUT2D eigenvalue weighted by atomic mass is 16.3. The van der Waals surface area contributed by atoms with E-state index in [-0.39, 0.29) is 5.91 Å². The first-order valence-corrected chi connectivity index (χ1v) is 9.42. The maximum Gasteiger partial charge on any atom is 0.241 e. The number of aromatic nitrogens is 2. The molecule has 1 aliphatic heterocycles. The van der Waals surface area contributed by atoms with Crippen LogP contribution in [0.4, 0.5) is 11.6 Å². The highest BCUT2D eigenvalue weighted by molar-refractivity contribution is 5.94. The van der Waals surface area contributed by atoms with Gasteiger partial charge in [0, 0.05) is 44.3 Å². The van der Waals surface area contributed by atoms with Crippen molar-refractivity contribution >= 4 is 17.5 Å². The minimum absolute atomic E-state index is 0.0620. The maximum absolute atomic E-state index is 13.1. The van der Waals surface area contributed by atoms with Crippen molar-refractivity contribution in [2.45, 2.75) is 6.54 Å². The Morgan fingerprint density at radius 3 is 2.39 bits per heavy atom. The second kappa shape index (κ2) is 8.67. The Bertz CT molecular complexity index is 862. The monoisotopic (exact) mass is 377 g/mol. The van der Waals surface area contributed by atoms with Gasteiger partial charge in [0.2, 0.25) is 11.9 Å². The zero-order valence-electron chi connectivity index (χ0n) is 15.6. The lowest BCUT2D eigenvalue weighted by Gasteiger charge is -2.35. The highest BCUT2D eigenvalue weighted by Gasteiger charge is 2.24. The molecule has 0 N–H and O–H groups in total. The smallest absolute Gasteiger partial charge is 0.241 e. The van der Waals surface area contributed by atoms with Gasteiger partial charge in [-0.15, -0.1) is 0 Å². The average Bonchev–Trinajstić information content (AvgIpc) is 3.27. The zero-order chi connectivity index (χ0) is 19.2. The van der Waals surface area contributed by atoms with Crippen molar-refractivity contribution in [1.29, 1.82) is 0 Å². The third-order valence-corrected chi connectivity index (χ3v) is 4.83. The quantitative estimate of drug-likeness (QED) is 0.657. The summed E-state index contributed by atoms with van der Waals surface area (Å²) in [6, 6.07) is 15.3. The first kappa shape index (κ1) is 18.2. The van der Waals surface area contributed by atoms with Gasteiger partial charge in [0.05, 0.1) is 19.4 Å². The van der Waals surface area contributed by atoms with Crippen LogP contribution in [0, 0.1) is 0 Å². The number of amides is 1. The standard InChI is InChI=1S/C21H23N5O2/c27-20(17-24-11-13-25(14-12-24)21-22-9-5-10-23-21)26(16-19-8-4-15-28-19)18-6-2-1-3-7-18/h1-10,15H,11-14,16-17H2. The number of piperazine rings is 1. The Balaban J connectivity index is 1.39. The van der Waals surface area contributed by atoms with Crippen LogP contribution in [0.5, 0.6) is 0 Å². The van der Waals surface area contributed by atoms with Gasteiger partial charge in [-0.05, 0) is 30.3 Å². The third-order valence-electron chi connectivity index (χ3n) is 4.83. The predicted molar refractivity (Wildman–Crippen MR) is 107 cm³/mol. The first-order valence-electron chi connectivity index (χ1n) is 9.42. The van der Waals surface area contributed by atoms with Gasteiger partial charge in [0.25, 0.3) is 0 Å². The molecule has 1 saturated heterocycles. The molecule has 7 heteroatoms. The number of para-hydroxylation sites is 1. The molecule has 0 bridgehead atoms. The van der Waals surface area contributed by atoms with E-state index < -0.39 is 0 Å². The molecule has 144 valence electrons. The Morgan fingerprint density at radius 2 is 1.71 bits per heavy atom. The lowest BCUT2D eigenvalue weighted by Crippen LogP contribution is -2.50. The second-order valence-corrected chi connectivity index (χ2v) is 6.71. The van der Waals surface area contributed by atoms with E-state index in [1.165, 1.54) is 0 Å². The molecule has 4 rings (SSSR count). The number of anilines is 2. The molecule has 0 radical (unpaired) electrons. The SMILES string of the molecule is O=C(CN1CCN(c2ncccn2)CC1)N(Cc1ccco1)c1ccccc1. The number of carbonyl (C=O) groups excluding carboxylic acids is 1. The molecule has 28 heavy (non-hydrogen) atoms. The van der Waals surface area contributed by atoms with E-state index in [4.69, 9.17) is 4.42 Å². The van der Waals surface area contributed by atoms with Crippen molar-refractivity contribution in [3.63, 3.8) is 0 Å². The highest BCUT2D eigenvalue weighted by Crippen LogP contribution is 2.18. The molecule has 0 aliphatic carbocycles. The van der Waals surface area contributed by atoms with Crippen LogP contribution in [0.2, 0.25) is 0 Å².